The predicted octanol–water partition coefficient (Wildman–Crippen LogP) is 3.23. The number of ether oxygens (including phenoxy) is 2. The second kappa shape index (κ2) is 8.62. The fraction of sp³-hybridized carbons (Fsp3) is 0.500. The van der Waals surface area contributed by atoms with Gasteiger partial charge in [-0.15, -0.1) is 13.2 Å². The van der Waals surface area contributed by atoms with Gasteiger partial charge >= 0.3 is 6.36 Å². The molecule has 1 aromatic carbocycles. The second-order valence-corrected chi connectivity index (χ2v) is 8.11. The number of nitrogens with zero attached hydrogens (tertiary/aromatic N) is 1. The summed E-state index contributed by atoms with van der Waals surface area (Å²) in [5, 5.41) is 2.91. The van der Waals surface area contributed by atoms with Gasteiger partial charge in [0.25, 0.3) is 17.3 Å². The lowest BCUT2D eigenvalue weighted by molar-refractivity contribution is -0.274. The molecule has 1 saturated carbocycles. The minimum Gasteiger partial charge on any atom is -0.491 e. The van der Waals surface area contributed by atoms with Crippen LogP contribution in [0.1, 0.15) is 25.7 Å². The monoisotopic (exact) mass is 419 g/mol. The van der Waals surface area contributed by atoms with Crippen molar-refractivity contribution in [1.29, 1.82) is 0 Å². The smallest absolute Gasteiger partial charge is 0.491 e. The summed E-state index contributed by atoms with van der Waals surface area (Å²) in [6.07, 6.45) is -1.62. The van der Waals surface area contributed by atoms with Crippen molar-refractivity contribution in [2.75, 3.05) is 20.2 Å². The first-order valence-electron chi connectivity index (χ1n) is 8.88. The first kappa shape index (κ1) is 20.8. The first-order valence-corrected chi connectivity index (χ1v) is 10.0. The molecule has 1 unspecified atom stereocenters. The average molecular weight is 419 g/mol. The van der Waals surface area contributed by atoms with E-state index < -0.39 is 17.7 Å². The van der Waals surface area contributed by atoms with Gasteiger partial charge in [-0.05, 0) is 43.4 Å². The maximum Gasteiger partial charge on any atom is 0.573 e. The van der Waals surface area contributed by atoms with Crippen molar-refractivity contribution >= 4 is 17.3 Å². The van der Waals surface area contributed by atoms with Crippen LogP contribution in [0.3, 0.4) is 0 Å². The van der Waals surface area contributed by atoms with E-state index in [-0.39, 0.29) is 17.7 Å². The Morgan fingerprint density at radius 2 is 1.82 bits per heavy atom. The highest BCUT2D eigenvalue weighted by Crippen LogP contribution is 2.29. The Hall–Kier alpha value is -1.91. The zero-order valence-electron chi connectivity index (χ0n) is 15.3. The van der Waals surface area contributed by atoms with Gasteiger partial charge in [-0.1, -0.05) is 4.31 Å². The van der Waals surface area contributed by atoms with Gasteiger partial charge < -0.3 is 14.8 Å². The molecular formula is C18H22F3N2O4S+. The molecule has 1 amide bonds. The number of nitrogens with one attached hydrogen (secondary N) is 1. The van der Waals surface area contributed by atoms with Crippen molar-refractivity contribution in [1.82, 2.24) is 9.62 Å². The summed E-state index contributed by atoms with van der Waals surface area (Å²) in [6, 6.07) is 5.43. The van der Waals surface area contributed by atoms with Crippen LogP contribution < -0.4 is 10.1 Å². The highest BCUT2D eigenvalue weighted by molar-refractivity contribution is 7.89. The third kappa shape index (κ3) is 5.55. The summed E-state index contributed by atoms with van der Waals surface area (Å²) in [4.78, 5) is 12.7. The molecule has 28 heavy (non-hydrogen) atoms. The topological polar surface area (TPSA) is 71.0 Å². The van der Waals surface area contributed by atoms with Crippen LogP contribution in [0.2, 0.25) is 0 Å². The summed E-state index contributed by atoms with van der Waals surface area (Å²) in [6.45, 7) is 1.03. The second-order valence-electron chi connectivity index (χ2n) is 6.60. The van der Waals surface area contributed by atoms with Gasteiger partial charge in [-0.25, -0.2) is 0 Å². The third-order valence-electron chi connectivity index (χ3n) is 4.48. The summed E-state index contributed by atoms with van der Waals surface area (Å²) >= 11 is -1.26. The number of alkyl halides is 3. The van der Waals surface area contributed by atoms with Crippen LogP contribution in [0.5, 0.6) is 5.75 Å². The van der Waals surface area contributed by atoms with Crippen LogP contribution in [0.25, 0.3) is 0 Å². The van der Waals surface area contributed by atoms with Gasteiger partial charge in [0.05, 0.1) is 20.2 Å². The lowest BCUT2D eigenvalue weighted by Gasteiger charge is -2.24. The van der Waals surface area contributed by atoms with Crippen molar-refractivity contribution < 1.29 is 32.0 Å². The summed E-state index contributed by atoms with van der Waals surface area (Å²) < 4.78 is 58.2. The van der Waals surface area contributed by atoms with Crippen LogP contribution in [-0.4, -0.2) is 47.4 Å². The molecule has 0 aromatic heterocycles. The predicted molar refractivity (Wildman–Crippen MR) is 97.4 cm³/mol. The number of piperidine rings is 1. The Kier molecular flexibility index (Phi) is 6.41. The van der Waals surface area contributed by atoms with E-state index in [0.717, 1.165) is 18.4 Å². The first-order chi connectivity index (χ1) is 13.3. The lowest BCUT2D eigenvalue weighted by atomic mass is 10.0. The number of hydrogen-bond donors (Lipinski definition) is 2. The summed E-state index contributed by atoms with van der Waals surface area (Å²) in [5.41, 5.74) is 0.905. The molecule has 1 aromatic rings. The number of halogens is 3. The standard InChI is InChI=1S/C18H21F3N2O4S/c1-26-16(17(24)22-13-2-3-13)12-8-10-23(11-9-12)28(25)15-6-4-14(5-7-15)27-18(19,20)21/h4-7,13,25H,2-3,8-11H2,1H3/p+1. The molecule has 1 saturated heterocycles. The molecule has 1 atom stereocenters. The number of amides is 1. The molecule has 0 radical (unpaired) electrons. The van der Waals surface area contributed by atoms with Gasteiger partial charge in [0.1, 0.15) is 5.75 Å². The van der Waals surface area contributed by atoms with Crippen LogP contribution in [0, 0.1) is 0 Å². The fourth-order valence-corrected chi connectivity index (χ4v) is 4.15. The summed E-state index contributed by atoms with van der Waals surface area (Å²) in [7, 11) is 1.47. The van der Waals surface area contributed by atoms with Crippen LogP contribution in [0.15, 0.2) is 40.5 Å². The van der Waals surface area contributed by atoms with Gasteiger partial charge in [0.15, 0.2) is 5.76 Å². The zero-order chi connectivity index (χ0) is 20.3. The Bertz CT molecular complexity index is 725. The Balaban J connectivity index is 1.59. The summed E-state index contributed by atoms with van der Waals surface area (Å²) in [5.74, 6) is -0.182. The van der Waals surface area contributed by atoms with E-state index in [1.807, 2.05) is 4.31 Å². The highest BCUT2D eigenvalue weighted by atomic mass is 32.2. The highest BCUT2D eigenvalue weighted by Gasteiger charge is 2.36. The molecule has 0 bridgehead atoms. The number of carbonyl (C=O) groups is 1. The number of hydrogen-bond acceptors (Lipinski definition) is 5. The molecule has 1 heterocycles. The van der Waals surface area contributed by atoms with Gasteiger partial charge in [-0.2, -0.15) is 4.55 Å². The molecule has 1 aliphatic carbocycles. The van der Waals surface area contributed by atoms with Gasteiger partial charge in [-0.3, -0.25) is 4.79 Å². The van der Waals surface area contributed by atoms with Crippen molar-refractivity contribution in [2.45, 2.75) is 43.0 Å². The maximum atomic E-state index is 12.2. The van der Waals surface area contributed by atoms with Crippen molar-refractivity contribution in [3.8, 4) is 5.75 Å². The Morgan fingerprint density at radius 1 is 1.21 bits per heavy atom. The Morgan fingerprint density at radius 3 is 2.32 bits per heavy atom. The molecule has 2 fully saturated rings. The number of benzene rings is 1. The van der Waals surface area contributed by atoms with E-state index >= 15 is 0 Å². The molecule has 0 spiro atoms. The molecule has 2 N–H and O–H groups in total. The van der Waals surface area contributed by atoms with E-state index in [2.05, 4.69) is 10.1 Å². The quantitative estimate of drug-likeness (QED) is 0.421. The zero-order valence-corrected chi connectivity index (χ0v) is 16.1. The van der Waals surface area contributed by atoms with E-state index in [9.17, 15) is 22.5 Å². The number of carbonyl (C=O) groups excluding carboxylic acids is 1. The molecule has 1 aliphatic heterocycles. The van der Waals surface area contributed by atoms with E-state index in [1.54, 1.807) is 0 Å². The SMILES string of the molecule is COC(C(=O)NC1CC1)=C1CCN([S+](O)c2ccc(OC(F)(F)F)cc2)CC1. The maximum absolute atomic E-state index is 12.2. The van der Waals surface area contributed by atoms with E-state index in [0.29, 0.717) is 36.6 Å². The Labute approximate surface area is 164 Å². The molecule has 154 valence electrons. The lowest BCUT2D eigenvalue weighted by Crippen LogP contribution is -2.37. The van der Waals surface area contributed by atoms with Crippen LogP contribution in [-0.2, 0) is 20.9 Å². The van der Waals surface area contributed by atoms with Crippen molar-refractivity contribution in [3.05, 3.63) is 35.6 Å². The molecule has 3 rings (SSSR count). The normalized spacial score (nSPS) is 19.1. The van der Waals surface area contributed by atoms with Gasteiger partial charge in [0.2, 0.25) is 4.90 Å². The van der Waals surface area contributed by atoms with Crippen LogP contribution in [0.4, 0.5) is 13.2 Å². The van der Waals surface area contributed by atoms with E-state index in [4.69, 9.17) is 4.74 Å². The molecular weight excluding hydrogens is 397 g/mol. The largest absolute Gasteiger partial charge is 0.573 e. The molecule has 6 nitrogen and oxygen atoms in total. The van der Waals surface area contributed by atoms with Crippen LogP contribution >= 0.6 is 0 Å². The third-order valence-corrected chi connectivity index (χ3v) is 6.03. The number of rotatable bonds is 6. The van der Waals surface area contributed by atoms with Gasteiger partial charge in [0, 0.05) is 18.2 Å². The van der Waals surface area contributed by atoms with Crippen molar-refractivity contribution in [2.24, 2.45) is 0 Å². The molecule has 2 aliphatic rings. The average Bonchev–Trinajstić information content (AvgIpc) is 3.45. The molecule has 10 heteroatoms. The minimum absolute atomic E-state index is 0.197. The van der Waals surface area contributed by atoms with Crippen molar-refractivity contribution in [3.63, 3.8) is 0 Å². The fourth-order valence-electron chi connectivity index (χ4n) is 2.94. The number of methoxy groups -OCH3 is 1. The van der Waals surface area contributed by atoms with E-state index in [1.165, 1.54) is 31.4 Å². The minimum atomic E-state index is -4.75.